The second kappa shape index (κ2) is 6.73. The lowest BCUT2D eigenvalue weighted by Crippen LogP contribution is -2.38. The van der Waals surface area contributed by atoms with E-state index in [9.17, 15) is 20.4 Å². The molecule has 1 fully saturated rings. The van der Waals surface area contributed by atoms with Crippen LogP contribution in [0.5, 0.6) is 0 Å². The third-order valence-electron chi connectivity index (χ3n) is 4.20. The lowest BCUT2D eigenvalue weighted by Gasteiger charge is -2.16. The van der Waals surface area contributed by atoms with E-state index in [-0.39, 0.29) is 19.8 Å². The van der Waals surface area contributed by atoms with Crippen LogP contribution in [0.25, 0.3) is 11.3 Å². The minimum Gasteiger partial charge on any atom is -0.395 e. The van der Waals surface area contributed by atoms with Gasteiger partial charge in [-0.2, -0.15) is 0 Å². The Morgan fingerprint density at radius 2 is 1.74 bits per heavy atom. The Labute approximate surface area is 133 Å². The summed E-state index contributed by atoms with van der Waals surface area (Å²) in [4.78, 5) is 0. The molecule has 1 saturated heterocycles. The molecule has 1 aliphatic heterocycles. The lowest BCUT2D eigenvalue weighted by atomic mass is 10.1. The summed E-state index contributed by atoms with van der Waals surface area (Å²) in [6.45, 7) is -0.287. The van der Waals surface area contributed by atoms with E-state index in [2.05, 4.69) is 15.6 Å². The first-order valence-corrected chi connectivity index (χ1v) is 7.47. The van der Waals surface area contributed by atoms with E-state index >= 15 is 0 Å². The van der Waals surface area contributed by atoms with Crippen LogP contribution in [0.3, 0.4) is 0 Å². The molecule has 1 aromatic carbocycles. The third kappa shape index (κ3) is 2.99. The highest BCUT2D eigenvalue weighted by molar-refractivity contribution is 5.60. The van der Waals surface area contributed by atoms with Crippen LogP contribution in [0.1, 0.15) is 5.69 Å². The quantitative estimate of drug-likeness (QED) is 0.454. The van der Waals surface area contributed by atoms with Gasteiger partial charge in [0.25, 0.3) is 0 Å². The number of aliphatic hydroxyl groups is 4. The molecule has 2 aromatic rings. The summed E-state index contributed by atoms with van der Waals surface area (Å²) in [5, 5.41) is 49.9. The average molecular weight is 320 g/mol. The zero-order chi connectivity index (χ0) is 16.4. The fourth-order valence-corrected chi connectivity index (χ4v) is 2.91. The third-order valence-corrected chi connectivity index (χ3v) is 4.20. The monoisotopic (exact) mass is 320 g/mol. The second-order valence-electron chi connectivity index (χ2n) is 5.63. The molecule has 8 nitrogen and oxygen atoms in total. The predicted molar refractivity (Wildman–Crippen MR) is 81.2 cm³/mol. The van der Waals surface area contributed by atoms with E-state index in [1.807, 2.05) is 30.3 Å². The Kier molecular flexibility index (Phi) is 4.69. The zero-order valence-electron chi connectivity index (χ0n) is 12.4. The minimum absolute atomic E-state index is 0.227. The maximum atomic E-state index is 10.1. The van der Waals surface area contributed by atoms with E-state index in [4.69, 9.17) is 0 Å². The first-order chi connectivity index (χ1) is 11.2. The maximum absolute atomic E-state index is 10.1. The molecule has 0 saturated carbocycles. The maximum Gasteiger partial charge on any atom is 0.118 e. The summed E-state index contributed by atoms with van der Waals surface area (Å²) in [6, 6.07) is 8.33. The molecule has 1 aliphatic rings. The van der Waals surface area contributed by atoms with Crippen molar-refractivity contribution in [1.29, 1.82) is 0 Å². The van der Waals surface area contributed by atoms with Gasteiger partial charge in [0.15, 0.2) is 0 Å². The Hall–Kier alpha value is -1.84. The van der Waals surface area contributed by atoms with Crippen molar-refractivity contribution in [3.8, 4) is 11.3 Å². The number of nitrogens with zero attached hydrogens (tertiary/aromatic N) is 3. The van der Waals surface area contributed by atoms with Crippen molar-refractivity contribution in [3.05, 3.63) is 36.0 Å². The number of aromatic nitrogens is 3. The molecule has 3 rings (SSSR count). The topological polar surface area (TPSA) is 124 Å². The normalized spacial score (nSPS) is 27.5. The molecule has 0 bridgehead atoms. The van der Waals surface area contributed by atoms with Gasteiger partial charge < -0.3 is 25.7 Å². The van der Waals surface area contributed by atoms with Gasteiger partial charge in [-0.05, 0) is 0 Å². The molecule has 0 radical (unpaired) electrons. The van der Waals surface area contributed by atoms with Crippen molar-refractivity contribution in [2.24, 2.45) is 0 Å². The number of hydrogen-bond acceptors (Lipinski definition) is 7. The van der Waals surface area contributed by atoms with Crippen LogP contribution in [0, 0.1) is 0 Å². The summed E-state index contributed by atoms with van der Waals surface area (Å²) in [5.41, 5.74) is 1.96. The fraction of sp³-hybridized carbons (Fsp3) is 0.467. The largest absolute Gasteiger partial charge is 0.395 e. The standard InChI is InChI=1S/C15H20N4O4/c20-7-11-15(23)14(22)10(16-11)6-19-12(8-21)13(17-18-19)9-4-2-1-3-5-9/h1-5,10-11,14-16,20-23H,6-8H2/t10-,11-,14-,15-/m1/s1. The van der Waals surface area contributed by atoms with Gasteiger partial charge in [-0.1, -0.05) is 35.5 Å². The highest BCUT2D eigenvalue weighted by atomic mass is 16.3. The SMILES string of the molecule is OCc1c(-c2ccccc2)nnn1C[C@H]1N[C@H](CO)[C@@H](O)[C@@H]1O. The molecule has 5 N–H and O–H groups in total. The smallest absolute Gasteiger partial charge is 0.118 e. The molecule has 2 heterocycles. The molecular weight excluding hydrogens is 300 g/mol. The summed E-state index contributed by atoms with van der Waals surface area (Å²) in [5.74, 6) is 0. The van der Waals surface area contributed by atoms with Gasteiger partial charge in [-0.25, -0.2) is 4.68 Å². The van der Waals surface area contributed by atoms with E-state index in [1.165, 1.54) is 4.68 Å². The first-order valence-electron chi connectivity index (χ1n) is 7.47. The number of aliphatic hydroxyl groups excluding tert-OH is 4. The number of hydrogen-bond donors (Lipinski definition) is 5. The van der Waals surface area contributed by atoms with Gasteiger partial charge in [0, 0.05) is 5.56 Å². The molecule has 0 amide bonds. The van der Waals surface area contributed by atoms with Crippen LogP contribution in [0.2, 0.25) is 0 Å². The lowest BCUT2D eigenvalue weighted by molar-refractivity contribution is 0.0173. The molecule has 23 heavy (non-hydrogen) atoms. The van der Waals surface area contributed by atoms with Crippen LogP contribution in [0.15, 0.2) is 30.3 Å². The van der Waals surface area contributed by atoms with Crippen molar-refractivity contribution in [3.63, 3.8) is 0 Å². The van der Waals surface area contributed by atoms with Crippen molar-refractivity contribution in [1.82, 2.24) is 20.3 Å². The summed E-state index contributed by atoms with van der Waals surface area (Å²) >= 11 is 0. The summed E-state index contributed by atoms with van der Waals surface area (Å²) in [7, 11) is 0. The molecule has 0 spiro atoms. The summed E-state index contributed by atoms with van der Waals surface area (Å²) < 4.78 is 1.51. The Morgan fingerprint density at radius 3 is 2.35 bits per heavy atom. The van der Waals surface area contributed by atoms with Crippen LogP contribution in [0.4, 0.5) is 0 Å². The number of rotatable bonds is 5. The molecule has 0 unspecified atom stereocenters. The van der Waals surface area contributed by atoms with Crippen molar-refractivity contribution in [2.45, 2.75) is 37.4 Å². The molecule has 8 heteroatoms. The van der Waals surface area contributed by atoms with E-state index < -0.39 is 24.3 Å². The fourth-order valence-electron chi connectivity index (χ4n) is 2.91. The second-order valence-corrected chi connectivity index (χ2v) is 5.63. The zero-order valence-corrected chi connectivity index (χ0v) is 12.4. The van der Waals surface area contributed by atoms with Crippen molar-refractivity contribution < 1.29 is 20.4 Å². The highest BCUT2D eigenvalue weighted by Gasteiger charge is 2.41. The van der Waals surface area contributed by atoms with Gasteiger partial charge in [-0.15, -0.1) is 5.10 Å². The van der Waals surface area contributed by atoms with Crippen molar-refractivity contribution >= 4 is 0 Å². The van der Waals surface area contributed by atoms with Gasteiger partial charge >= 0.3 is 0 Å². The Balaban J connectivity index is 1.83. The Bertz CT molecular complexity index is 648. The molecule has 0 aliphatic carbocycles. The first kappa shape index (κ1) is 16.0. The molecule has 4 atom stereocenters. The van der Waals surface area contributed by atoms with E-state index in [1.54, 1.807) is 0 Å². The van der Waals surface area contributed by atoms with Gasteiger partial charge in [-0.3, -0.25) is 0 Å². The molecule has 1 aromatic heterocycles. The van der Waals surface area contributed by atoms with Gasteiger partial charge in [0.1, 0.15) is 5.69 Å². The van der Waals surface area contributed by atoms with E-state index in [0.717, 1.165) is 5.56 Å². The number of nitrogens with one attached hydrogen (secondary N) is 1. The number of benzene rings is 1. The van der Waals surface area contributed by atoms with Crippen LogP contribution >= 0.6 is 0 Å². The predicted octanol–water partition coefficient (Wildman–Crippen LogP) is -1.51. The summed E-state index contributed by atoms with van der Waals surface area (Å²) in [6.07, 6.45) is -2.07. The molecular formula is C15H20N4O4. The van der Waals surface area contributed by atoms with Gasteiger partial charge in [0.2, 0.25) is 0 Å². The van der Waals surface area contributed by atoms with E-state index in [0.29, 0.717) is 11.4 Å². The average Bonchev–Trinajstić information content (AvgIpc) is 3.11. The minimum atomic E-state index is -1.04. The van der Waals surface area contributed by atoms with Crippen molar-refractivity contribution in [2.75, 3.05) is 6.61 Å². The highest BCUT2D eigenvalue weighted by Crippen LogP contribution is 2.22. The Morgan fingerprint density at radius 1 is 1.04 bits per heavy atom. The molecule has 124 valence electrons. The van der Waals surface area contributed by atoms with Crippen LogP contribution in [-0.4, -0.2) is 66.3 Å². The van der Waals surface area contributed by atoms with Gasteiger partial charge in [0.05, 0.1) is 49.7 Å². The van der Waals surface area contributed by atoms with Crippen LogP contribution in [-0.2, 0) is 13.2 Å². The van der Waals surface area contributed by atoms with Crippen LogP contribution < -0.4 is 5.32 Å².